The first-order valence-electron chi connectivity index (χ1n) is 2.30. The number of β-amino-alcohol motifs (C(OH)–C–C–N with tert-alkyl or cyclic N) is 1. The number of amides is 1. The number of carbonyl (C=O) groups excluding carboxylic acids is 1. The Bertz CT molecular complexity index is 114. The van der Waals surface area contributed by atoms with Crippen LogP contribution in [-0.4, -0.2) is 36.0 Å². The molecular weight excluding hydrogens is 110 g/mol. The number of rotatable bonds is 0. The Morgan fingerprint density at radius 2 is 2.62 bits per heavy atom. The molecule has 0 aromatic carbocycles. The van der Waals surface area contributed by atoms with Crippen LogP contribution in [0.2, 0.25) is 0 Å². The lowest BCUT2D eigenvalue weighted by Gasteiger charge is -1.98. The quantitative estimate of drug-likeness (QED) is 0.460. The highest BCUT2D eigenvalue weighted by Crippen LogP contribution is 2.04. The summed E-state index contributed by atoms with van der Waals surface area (Å²) in [5.41, 5.74) is 0. The summed E-state index contributed by atoms with van der Waals surface area (Å²) < 4.78 is 4.32. The van der Waals surface area contributed by atoms with Gasteiger partial charge in [0.05, 0.1) is 6.54 Å². The predicted molar refractivity (Wildman–Crippen MR) is 25.1 cm³/mol. The van der Waals surface area contributed by atoms with E-state index >= 15 is 0 Å². The van der Waals surface area contributed by atoms with E-state index < -0.39 is 12.4 Å². The molecule has 0 radical (unpaired) electrons. The van der Waals surface area contributed by atoms with Crippen molar-refractivity contribution in [3.8, 4) is 0 Å². The topological polar surface area (TPSA) is 49.8 Å². The zero-order valence-electron chi connectivity index (χ0n) is 4.50. The van der Waals surface area contributed by atoms with Crippen LogP contribution in [0, 0.1) is 0 Å². The molecule has 1 fully saturated rings. The van der Waals surface area contributed by atoms with Gasteiger partial charge in [-0.1, -0.05) is 0 Å². The summed E-state index contributed by atoms with van der Waals surface area (Å²) >= 11 is 0. The number of ether oxygens (including phenoxy) is 1. The van der Waals surface area contributed by atoms with Crippen LogP contribution in [0.1, 0.15) is 0 Å². The van der Waals surface area contributed by atoms with Crippen molar-refractivity contribution >= 4 is 6.09 Å². The van der Waals surface area contributed by atoms with E-state index in [2.05, 4.69) is 4.74 Å². The van der Waals surface area contributed by atoms with Crippen molar-refractivity contribution < 1.29 is 14.6 Å². The average Bonchev–Trinajstić information content (AvgIpc) is 1.85. The average molecular weight is 117 g/mol. The van der Waals surface area contributed by atoms with Crippen LogP contribution >= 0.6 is 0 Å². The maximum absolute atomic E-state index is 10.3. The van der Waals surface area contributed by atoms with Crippen molar-refractivity contribution in [3.05, 3.63) is 0 Å². The summed E-state index contributed by atoms with van der Waals surface area (Å²) in [5.74, 6) is 0. The lowest BCUT2D eigenvalue weighted by molar-refractivity contribution is -0.0151. The molecule has 1 aliphatic rings. The molecule has 1 saturated heterocycles. The van der Waals surface area contributed by atoms with Crippen molar-refractivity contribution in [2.75, 3.05) is 13.6 Å². The van der Waals surface area contributed by atoms with Crippen LogP contribution in [0.25, 0.3) is 0 Å². The maximum atomic E-state index is 10.3. The molecule has 1 rings (SSSR count). The number of carbonyl (C=O) groups is 1. The van der Waals surface area contributed by atoms with E-state index in [1.54, 1.807) is 7.05 Å². The fraction of sp³-hybridized carbons (Fsp3) is 0.750. The first kappa shape index (κ1) is 5.37. The first-order chi connectivity index (χ1) is 3.70. The van der Waals surface area contributed by atoms with Gasteiger partial charge in [0.2, 0.25) is 6.29 Å². The number of hydrogen-bond acceptors (Lipinski definition) is 3. The van der Waals surface area contributed by atoms with E-state index in [9.17, 15) is 4.79 Å². The van der Waals surface area contributed by atoms with E-state index in [1.165, 1.54) is 4.90 Å². The number of aliphatic hydroxyl groups is 1. The van der Waals surface area contributed by atoms with Gasteiger partial charge in [-0.15, -0.1) is 0 Å². The number of likely N-dealkylation sites (N-methyl/N-ethyl adjacent to an activating group) is 1. The molecule has 0 bridgehead atoms. The number of hydrogen-bond donors (Lipinski definition) is 1. The van der Waals surface area contributed by atoms with E-state index in [0.717, 1.165) is 0 Å². The molecule has 4 nitrogen and oxygen atoms in total. The van der Waals surface area contributed by atoms with Crippen molar-refractivity contribution in [2.45, 2.75) is 6.29 Å². The summed E-state index contributed by atoms with van der Waals surface area (Å²) in [4.78, 5) is 11.6. The molecule has 0 unspecified atom stereocenters. The predicted octanol–water partition coefficient (Wildman–Crippen LogP) is -0.613. The Morgan fingerprint density at radius 1 is 2.00 bits per heavy atom. The van der Waals surface area contributed by atoms with E-state index in [4.69, 9.17) is 5.11 Å². The lowest BCUT2D eigenvalue weighted by atomic mass is 10.6. The second-order valence-electron chi connectivity index (χ2n) is 1.72. The van der Waals surface area contributed by atoms with E-state index in [1.807, 2.05) is 0 Å². The van der Waals surface area contributed by atoms with Gasteiger partial charge in [0.25, 0.3) is 0 Å². The Balaban J connectivity index is 2.51. The molecule has 0 aromatic rings. The molecule has 4 heteroatoms. The number of cyclic esters (lactones) is 1. The fourth-order valence-electron chi connectivity index (χ4n) is 0.552. The minimum absolute atomic E-state index is 0.277. The smallest absolute Gasteiger partial charge is 0.412 e. The van der Waals surface area contributed by atoms with Crippen LogP contribution in [-0.2, 0) is 4.74 Å². The lowest BCUT2D eigenvalue weighted by Crippen LogP contribution is -2.18. The molecule has 1 heterocycles. The highest BCUT2D eigenvalue weighted by Gasteiger charge is 2.25. The minimum atomic E-state index is -0.924. The molecule has 0 aromatic heterocycles. The first-order valence-corrected chi connectivity index (χ1v) is 2.30. The zero-order chi connectivity index (χ0) is 6.15. The van der Waals surface area contributed by atoms with Gasteiger partial charge in [-0.05, 0) is 0 Å². The molecule has 1 aliphatic heterocycles. The van der Waals surface area contributed by atoms with Crippen molar-refractivity contribution in [2.24, 2.45) is 0 Å². The third-order valence-electron chi connectivity index (χ3n) is 0.979. The van der Waals surface area contributed by atoms with Crippen LogP contribution in [0.5, 0.6) is 0 Å². The van der Waals surface area contributed by atoms with E-state index in [-0.39, 0.29) is 6.54 Å². The summed E-state index contributed by atoms with van der Waals surface area (Å²) in [5, 5.41) is 8.59. The highest BCUT2D eigenvalue weighted by atomic mass is 16.7. The highest BCUT2D eigenvalue weighted by molar-refractivity contribution is 5.69. The number of nitrogens with zero attached hydrogens (tertiary/aromatic N) is 1. The molecule has 1 N–H and O–H groups in total. The molecular formula is C4H7NO3. The Kier molecular flexibility index (Phi) is 1.09. The Morgan fingerprint density at radius 3 is 2.75 bits per heavy atom. The normalized spacial score (nSPS) is 28.5. The van der Waals surface area contributed by atoms with Crippen LogP contribution in [0.4, 0.5) is 4.79 Å². The summed E-state index contributed by atoms with van der Waals surface area (Å²) in [7, 11) is 1.57. The molecule has 0 aliphatic carbocycles. The summed E-state index contributed by atoms with van der Waals surface area (Å²) in [6.45, 7) is 0.277. The van der Waals surface area contributed by atoms with Crippen LogP contribution in [0.15, 0.2) is 0 Å². The monoisotopic (exact) mass is 117 g/mol. The van der Waals surface area contributed by atoms with Gasteiger partial charge in [0.15, 0.2) is 0 Å². The fourth-order valence-corrected chi connectivity index (χ4v) is 0.552. The maximum Gasteiger partial charge on any atom is 0.412 e. The van der Waals surface area contributed by atoms with Crippen molar-refractivity contribution in [1.82, 2.24) is 4.90 Å². The SMILES string of the molecule is CN1C[C@H](O)OC1=O. The van der Waals surface area contributed by atoms with Crippen LogP contribution in [0.3, 0.4) is 0 Å². The molecule has 1 atom stereocenters. The standard InChI is InChI=1S/C4H7NO3/c1-5-2-3(6)8-4(5)7/h3,6H,2H2,1H3/t3-/m1/s1. The number of aliphatic hydroxyl groups excluding tert-OH is 1. The summed E-state index contributed by atoms with van der Waals surface area (Å²) in [6.07, 6.45) is -1.38. The van der Waals surface area contributed by atoms with Gasteiger partial charge >= 0.3 is 6.09 Å². The molecule has 8 heavy (non-hydrogen) atoms. The Hall–Kier alpha value is -0.770. The second-order valence-corrected chi connectivity index (χ2v) is 1.72. The molecule has 0 saturated carbocycles. The van der Waals surface area contributed by atoms with Gasteiger partial charge in [0, 0.05) is 7.05 Å². The van der Waals surface area contributed by atoms with Gasteiger partial charge in [0.1, 0.15) is 0 Å². The van der Waals surface area contributed by atoms with Gasteiger partial charge < -0.3 is 14.7 Å². The van der Waals surface area contributed by atoms with Crippen LogP contribution < -0.4 is 0 Å². The van der Waals surface area contributed by atoms with Crippen molar-refractivity contribution in [1.29, 1.82) is 0 Å². The molecule has 46 valence electrons. The third-order valence-corrected chi connectivity index (χ3v) is 0.979. The van der Waals surface area contributed by atoms with Gasteiger partial charge in [-0.25, -0.2) is 4.79 Å². The molecule has 0 spiro atoms. The minimum Gasteiger partial charge on any atom is -0.418 e. The van der Waals surface area contributed by atoms with E-state index in [0.29, 0.717) is 0 Å². The summed E-state index contributed by atoms with van der Waals surface area (Å²) in [6, 6.07) is 0. The molecule has 1 amide bonds. The van der Waals surface area contributed by atoms with Crippen molar-refractivity contribution in [3.63, 3.8) is 0 Å². The zero-order valence-corrected chi connectivity index (χ0v) is 4.50. The van der Waals surface area contributed by atoms with Gasteiger partial charge in [-0.3, -0.25) is 0 Å². The van der Waals surface area contributed by atoms with Gasteiger partial charge in [-0.2, -0.15) is 0 Å². The largest absolute Gasteiger partial charge is 0.418 e. The Labute approximate surface area is 46.7 Å². The third kappa shape index (κ3) is 0.742. The second kappa shape index (κ2) is 1.63.